The SMILES string of the molecule is CC(C)[n+]1cc(/N=C(\[O-])CN2CCCC2)on1. The fraction of sp³-hybridized carbons (Fsp3) is 0.727. The third kappa shape index (κ3) is 3.26. The van der Waals surface area contributed by atoms with E-state index in [0.717, 1.165) is 13.1 Å². The highest BCUT2D eigenvalue weighted by atomic mass is 16.5. The van der Waals surface area contributed by atoms with Crippen LogP contribution in [0.2, 0.25) is 0 Å². The zero-order valence-corrected chi connectivity index (χ0v) is 10.3. The molecule has 2 heterocycles. The van der Waals surface area contributed by atoms with E-state index in [4.69, 9.17) is 4.52 Å². The van der Waals surface area contributed by atoms with Gasteiger partial charge in [0.1, 0.15) is 0 Å². The van der Waals surface area contributed by atoms with Crippen molar-refractivity contribution in [3.63, 3.8) is 0 Å². The van der Waals surface area contributed by atoms with E-state index in [-0.39, 0.29) is 17.8 Å². The van der Waals surface area contributed by atoms with Gasteiger partial charge in [-0.15, -0.1) is 0 Å². The highest BCUT2D eigenvalue weighted by Gasteiger charge is 2.15. The summed E-state index contributed by atoms with van der Waals surface area (Å²) >= 11 is 0. The van der Waals surface area contributed by atoms with Crippen molar-refractivity contribution in [2.45, 2.75) is 32.7 Å². The Morgan fingerprint density at radius 1 is 1.59 bits per heavy atom. The summed E-state index contributed by atoms with van der Waals surface area (Å²) < 4.78 is 6.61. The molecule has 0 unspecified atom stereocenters. The van der Waals surface area contributed by atoms with Gasteiger partial charge in [0.15, 0.2) is 6.04 Å². The van der Waals surface area contributed by atoms with Gasteiger partial charge in [0.2, 0.25) is 5.27 Å². The van der Waals surface area contributed by atoms with Crippen molar-refractivity contribution in [2.24, 2.45) is 4.99 Å². The lowest BCUT2D eigenvalue weighted by Gasteiger charge is -2.18. The smallest absolute Gasteiger partial charge is 0.320 e. The first-order chi connectivity index (χ1) is 8.15. The molecule has 0 spiro atoms. The van der Waals surface area contributed by atoms with Crippen molar-refractivity contribution in [1.29, 1.82) is 0 Å². The largest absolute Gasteiger partial charge is 0.861 e. The Morgan fingerprint density at radius 2 is 2.29 bits per heavy atom. The molecular formula is C11H18N4O2. The third-order valence-electron chi connectivity index (χ3n) is 2.79. The molecule has 1 aromatic heterocycles. The van der Waals surface area contributed by atoms with E-state index in [1.165, 1.54) is 12.8 Å². The molecule has 1 fully saturated rings. The number of aliphatic imine (C=N–C) groups is 1. The van der Waals surface area contributed by atoms with Crippen LogP contribution in [0.5, 0.6) is 0 Å². The zero-order valence-electron chi connectivity index (χ0n) is 10.3. The molecule has 6 heteroatoms. The van der Waals surface area contributed by atoms with Crippen molar-refractivity contribution in [3.05, 3.63) is 6.20 Å². The highest BCUT2D eigenvalue weighted by molar-refractivity contribution is 5.75. The van der Waals surface area contributed by atoms with Gasteiger partial charge in [-0.05, 0) is 50.4 Å². The molecule has 0 N–H and O–H groups in total. The quantitative estimate of drug-likeness (QED) is 0.421. The number of rotatable bonds is 4. The molecule has 17 heavy (non-hydrogen) atoms. The molecule has 6 nitrogen and oxygen atoms in total. The summed E-state index contributed by atoms with van der Waals surface area (Å²) in [6, 6.07) is 0.205. The van der Waals surface area contributed by atoms with Crippen LogP contribution in [0.1, 0.15) is 32.7 Å². The lowest BCUT2D eigenvalue weighted by Crippen LogP contribution is -2.36. The third-order valence-corrected chi connectivity index (χ3v) is 2.79. The Balaban J connectivity index is 1.96. The molecule has 0 radical (unpaired) electrons. The summed E-state index contributed by atoms with van der Waals surface area (Å²) in [6.07, 6.45) is 3.98. The number of aromatic nitrogens is 2. The summed E-state index contributed by atoms with van der Waals surface area (Å²) in [4.78, 5) is 6.00. The molecule has 2 rings (SSSR count). The molecule has 1 saturated heterocycles. The Labute approximate surface area is 101 Å². The Morgan fingerprint density at radius 3 is 2.88 bits per heavy atom. The molecule has 0 aromatic carbocycles. The van der Waals surface area contributed by atoms with Crippen LogP contribution in [-0.2, 0) is 0 Å². The van der Waals surface area contributed by atoms with Crippen molar-refractivity contribution in [2.75, 3.05) is 19.6 Å². The second kappa shape index (κ2) is 5.27. The standard InChI is InChI=1S/C11H18N4O2/c1-9(2)15-8-11(17-13-15)12-10(16)7-14-5-3-4-6-14/h8-9H,3-7H2,1-2H3. The van der Waals surface area contributed by atoms with E-state index in [9.17, 15) is 5.11 Å². The first kappa shape index (κ1) is 12.0. The summed E-state index contributed by atoms with van der Waals surface area (Å²) in [6.45, 7) is 6.33. The second-order valence-corrected chi connectivity index (χ2v) is 4.60. The van der Waals surface area contributed by atoms with Gasteiger partial charge in [0.25, 0.3) is 6.20 Å². The maximum Gasteiger partial charge on any atom is 0.320 e. The maximum atomic E-state index is 11.6. The average molecular weight is 238 g/mol. The Hall–Kier alpha value is -1.43. The molecular weight excluding hydrogens is 220 g/mol. The van der Waals surface area contributed by atoms with Crippen LogP contribution in [-0.4, -0.2) is 35.7 Å². The van der Waals surface area contributed by atoms with Crippen molar-refractivity contribution < 1.29 is 14.3 Å². The minimum Gasteiger partial charge on any atom is -0.861 e. The topological polar surface area (TPSA) is 68.6 Å². The van der Waals surface area contributed by atoms with E-state index in [1.54, 1.807) is 10.9 Å². The molecule has 1 aliphatic rings. The van der Waals surface area contributed by atoms with Gasteiger partial charge in [-0.25, -0.2) is 4.99 Å². The van der Waals surface area contributed by atoms with Gasteiger partial charge in [-0.3, -0.25) is 9.42 Å². The van der Waals surface area contributed by atoms with Gasteiger partial charge in [-0.1, -0.05) is 0 Å². The molecule has 0 atom stereocenters. The van der Waals surface area contributed by atoms with Crippen LogP contribution in [0.25, 0.3) is 0 Å². The normalized spacial score (nSPS) is 18.2. The van der Waals surface area contributed by atoms with E-state index in [2.05, 4.69) is 15.2 Å². The minimum absolute atomic E-state index is 0.168. The van der Waals surface area contributed by atoms with Gasteiger partial charge in [-0.2, -0.15) is 0 Å². The summed E-state index contributed by atoms with van der Waals surface area (Å²) in [7, 11) is 0. The summed E-state index contributed by atoms with van der Waals surface area (Å²) in [5.74, 6) is 0.113. The van der Waals surface area contributed by atoms with Crippen LogP contribution in [0.4, 0.5) is 5.88 Å². The Bertz CT molecular complexity index is 394. The van der Waals surface area contributed by atoms with E-state index < -0.39 is 0 Å². The van der Waals surface area contributed by atoms with Crippen molar-refractivity contribution in [3.8, 4) is 0 Å². The van der Waals surface area contributed by atoms with Crippen LogP contribution in [0.3, 0.4) is 0 Å². The fourth-order valence-electron chi connectivity index (χ4n) is 1.83. The van der Waals surface area contributed by atoms with Gasteiger partial charge in [0.05, 0.1) is 0 Å². The van der Waals surface area contributed by atoms with Crippen LogP contribution >= 0.6 is 0 Å². The zero-order chi connectivity index (χ0) is 12.3. The molecule has 1 aromatic rings. The molecule has 0 saturated carbocycles. The first-order valence-electron chi connectivity index (χ1n) is 6.00. The van der Waals surface area contributed by atoms with Crippen LogP contribution in [0, 0.1) is 0 Å². The first-order valence-corrected chi connectivity index (χ1v) is 6.00. The minimum atomic E-state index is -0.168. The number of likely N-dealkylation sites (tertiary alicyclic amines) is 1. The van der Waals surface area contributed by atoms with Crippen LogP contribution in [0.15, 0.2) is 15.7 Å². The monoisotopic (exact) mass is 238 g/mol. The fourth-order valence-corrected chi connectivity index (χ4v) is 1.83. The van der Waals surface area contributed by atoms with Gasteiger partial charge < -0.3 is 5.11 Å². The van der Waals surface area contributed by atoms with Crippen LogP contribution < -0.4 is 9.79 Å². The molecule has 0 amide bonds. The average Bonchev–Trinajstić information content (AvgIpc) is 2.88. The Kier molecular flexibility index (Phi) is 3.73. The predicted octanol–water partition coefficient (Wildman–Crippen LogP) is 0.0291. The number of nitrogens with zero attached hydrogens (tertiary/aromatic N) is 4. The summed E-state index contributed by atoms with van der Waals surface area (Å²) in [5.41, 5.74) is 0. The second-order valence-electron chi connectivity index (χ2n) is 4.60. The molecule has 0 aliphatic carbocycles. The van der Waals surface area contributed by atoms with Gasteiger partial charge in [0, 0.05) is 6.54 Å². The number of hydrogen-bond acceptors (Lipinski definition) is 5. The van der Waals surface area contributed by atoms with E-state index in [0.29, 0.717) is 6.54 Å². The lowest BCUT2D eigenvalue weighted by molar-refractivity contribution is -0.779. The molecule has 0 bridgehead atoms. The van der Waals surface area contributed by atoms with Crippen molar-refractivity contribution in [1.82, 2.24) is 10.2 Å². The number of hydrogen-bond donors (Lipinski definition) is 0. The molecule has 94 valence electrons. The van der Waals surface area contributed by atoms with E-state index in [1.807, 2.05) is 13.8 Å². The molecule has 1 aliphatic heterocycles. The summed E-state index contributed by atoms with van der Waals surface area (Å²) in [5, 5.41) is 15.4. The lowest BCUT2D eigenvalue weighted by atomic mass is 10.4. The van der Waals surface area contributed by atoms with E-state index >= 15 is 0 Å². The predicted molar refractivity (Wildman–Crippen MR) is 59.9 cm³/mol. The highest BCUT2D eigenvalue weighted by Crippen LogP contribution is 2.09. The van der Waals surface area contributed by atoms with Crippen molar-refractivity contribution >= 4 is 11.8 Å². The van der Waals surface area contributed by atoms with Gasteiger partial charge >= 0.3 is 5.88 Å². The maximum absolute atomic E-state index is 11.6.